The first-order chi connectivity index (χ1) is 9.76. The molecule has 4 rings (SSSR count). The lowest BCUT2D eigenvalue weighted by Gasteiger charge is -2.60. The van der Waals surface area contributed by atoms with E-state index in [4.69, 9.17) is 0 Å². The summed E-state index contributed by atoms with van der Waals surface area (Å²) in [5.41, 5.74) is 0.296. The molecule has 3 nitrogen and oxygen atoms in total. The summed E-state index contributed by atoms with van der Waals surface area (Å²) in [6.07, 6.45) is 8.15. The molecule has 4 bridgehead atoms. The summed E-state index contributed by atoms with van der Waals surface area (Å²) in [6, 6.07) is 0. The molecule has 0 aromatic carbocycles. The Bertz CT molecular complexity index is 520. The van der Waals surface area contributed by atoms with Crippen molar-refractivity contribution in [1.29, 1.82) is 0 Å². The maximum atomic E-state index is 12.8. The molecule has 0 spiro atoms. The minimum atomic E-state index is -2.94. The number of ketones is 1. The van der Waals surface area contributed by atoms with Crippen molar-refractivity contribution in [3.05, 3.63) is 0 Å². The Labute approximate surface area is 128 Å². The van der Waals surface area contributed by atoms with E-state index in [1.807, 2.05) is 0 Å². The van der Waals surface area contributed by atoms with Gasteiger partial charge in [0.05, 0.1) is 5.75 Å². The van der Waals surface area contributed by atoms with Crippen LogP contribution < -0.4 is 0 Å². The summed E-state index contributed by atoms with van der Waals surface area (Å²) in [5.74, 6) is 2.23. The van der Waals surface area contributed by atoms with E-state index in [0.717, 1.165) is 31.1 Å². The molecule has 2 atom stereocenters. The molecule has 4 heteroatoms. The highest BCUT2D eigenvalue weighted by molar-refractivity contribution is 7.91. The molecule has 0 saturated heterocycles. The van der Waals surface area contributed by atoms with Crippen LogP contribution in [0.1, 0.15) is 65.2 Å². The number of rotatable bonds is 6. The highest BCUT2D eigenvalue weighted by Gasteiger charge is 2.58. The van der Waals surface area contributed by atoms with Crippen molar-refractivity contribution in [3.8, 4) is 0 Å². The second-order valence-electron chi connectivity index (χ2n) is 8.32. The normalized spacial score (nSPS) is 41.4. The number of Topliss-reactive ketones (excluding diaryl/α,β-unsaturated/α-hetero) is 1. The number of carbonyl (C=O) groups excluding carboxylic acids is 1. The van der Waals surface area contributed by atoms with Crippen LogP contribution >= 0.6 is 0 Å². The van der Waals surface area contributed by atoms with Crippen LogP contribution in [0, 0.1) is 22.7 Å². The maximum absolute atomic E-state index is 12.8. The Balaban J connectivity index is 1.65. The van der Waals surface area contributed by atoms with Crippen molar-refractivity contribution in [2.45, 2.75) is 65.2 Å². The molecular weight excluding hydrogens is 284 g/mol. The molecule has 0 aromatic heterocycles. The van der Waals surface area contributed by atoms with Gasteiger partial charge in [-0.25, -0.2) is 8.42 Å². The van der Waals surface area contributed by atoms with Gasteiger partial charge in [-0.2, -0.15) is 0 Å². The lowest BCUT2D eigenvalue weighted by Crippen LogP contribution is -2.54. The first-order valence-electron chi connectivity index (χ1n) is 8.50. The van der Waals surface area contributed by atoms with Crippen LogP contribution in [0.15, 0.2) is 0 Å². The zero-order valence-corrected chi connectivity index (χ0v) is 14.2. The molecule has 4 saturated carbocycles. The van der Waals surface area contributed by atoms with Gasteiger partial charge in [0, 0.05) is 17.6 Å². The maximum Gasteiger partial charge on any atom is 0.150 e. The standard InChI is InChI=1S/C17H28O3S/c1-3-21(19,20)6-4-5-15(18)17-10-13-7-14(11-17)9-16(2,8-13)12-17/h13-14H,3-12H2,1-2H3. The fourth-order valence-electron chi connectivity index (χ4n) is 5.91. The zero-order valence-electron chi connectivity index (χ0n) is 13.4. The summed E-state index contributed by atoms with van der Waals surface area (Å²) in [5, 5.41) is 0. The van der Waals surface area contributed by atoms with Gasteiger partial charge in [-0.1, -0.05) is 13.8 Å². The summed E-state index contributed by atoms with van der Waals surface area (Å²) < 4.78 is 23.1. The minimum Gasteiger partial charge on any atom is -0.299 e. The molecule has 0 amide bonds. The SMILES string of the molecule is CCS(=O)(=O)CCCC(=O)C12CC3CC(CC(C)(C3)C1)C2. The van der Waals surface area contributed by atoms with Crippen molar-refractivity contribution in [2.75, 3.05) is 11.5 Å². The number of sulfone groups is 1. The minimum absolute atomic E-state index is 0.0885. The van der Waals surface area contributed by atoms with Crippen LogP contribution in [0.5, 0.6) is 0 Å². The van der Waals surface area contributed by atoms with Gasteiger partial charge in [0.25, 0.3) is 0 Å². The van der Waals surface area contributed by atoms with Gasteiger partial charge in [-0.05, 0) is 62.2 Å². The first kappa shape index (κ1) is 15.5. The predicted molar refractivity (Wildman–Crippen MR) is 83.8 cm³/mol. The van der Waals surface area contributed by atoms with Gasteiger partial charge < -0.3 is 0 Å². The van der Waals surface area contributed by atoms with Crippen LogP contribution in [-0.4, -0.2) is 25.7 Å². The molecule has 0 radical (unpaired) electrons. The fourth-order valence-corrected chi connectivity index (χ4v) is 6.78. The molecule has 0 heterocycles. The molecule has 0 aliphatic heterocycles. The largest absolute Gasteiger partial charge is 0.299 e. The third-order valence-electron chi connectivity index (χ3n) is 6.24. The third-order valence-corrected chi connectivity index (χ3v) is 8.03. The third kappa shape index (κ3) is 2.93. The molecule has 4 fully saturated rings. The van der Waals surface area contributed by atoms with Crippen LogP contribution in [0.2, 0.25) is 0 Å². The number of carbonyl (C=O) groups is 1. The van der Waals surface area contributed by atoms with Gasteiger partial charge in [0.1, 0.15) is 15.6 Å². The van der Waals surface area contributed by atoms with Gasteiger partial charge in [0.15, 0.2) is 0 Å². The van der Waals surface area contributed by atoms with Crippen LogP contribution in [0.4, 0.5) is 0 Å². The quantitative estimate of drug-likeness (QED) is 0.755. The van der Waals surface area contributed by atoms with E-state index in [1.54, 1.807) is 6.92 Å². The second-order valence-corrected chi connectivity index (χ2v) is 10.8. The van der Waals surface area contributed by atoms with Gasteiger partial charge in [0.2, 0.25) is 0 Å². The first-order valence-corrected chi connectivity index (χ1v) is 10.3. The number of hydrogen-bond acceptors (Lipinski definition) is 3. The van der Waals surface area contributed by atoms with Gasteiger partial charge in [-0.15, -0.1) is 0 Å². The summed E-state index contributed by atoms with van der Waals surface area (Å²) >= 11 is 0. The predicted octanol–water partition coefficient (Wildman–Crippen LogP) is 3.38. The highest BCUT2D eigenvalue weighted by atomic mass is 32.2. The second kappa shape index (κ2) is 5.07. The zero-order chi connectivity index (χ0) is 15.3. The topological polar surface area (TPSA) is 51.2 Å². The van der Waals surface area contributed by atoms with Gasteiger partial charge in [-0.3, -0.25) is 4.79 Å². The highest BCUT2D eigenvalue weighted by Crippen LogP contribution is 2.65. The molecule has 4 aliphatic rings. The van der Waals surface area contributed by atoms with E-state index >= 15 is 0 Å². The van der Waals surface area contributed by atoms with E-state index in [-0.39, 0.29) is 16.9 Å². The monoisotopic (exact) mass is 312 g/mol. The van der Waals surface area contributed by atoms with E-state index in [2.05, 4.69) is 6.92 Å². The summed E-state index contributed by atoms with van der Waals surface area (Å²) in [7, 11) is -2.94. The lowest BCUT2D eigenvalue weighted by molar-refractivity contribution is -0.153. The van der Waals surface area contributed by atoms with Crippen LogP contribution in [-0.2, 0) is 14.6 Å². The average molecular weight is 312 g/mol. The number of hydrogen-bond donors (Lipinski definition) is 0. The fraction of sp³-hybridized carbons (Fsp3) is 0.941. The Morgan fingerprint density at radius 2 is 1.76 bits per heavy atom. The molecule has 120 valence electrons. The molecule has 2 unspecified atom stereocenters. The van der Waals surface area contributed by atoms with Crippen molar-refractivity contribution in [3.63, 3.8) is 0 Å². The van der Waals surface area contributed by atoms with E-state index in [0.29, 0.717) is 24.0 Å². The molecule has 0 aromatic rings. The average Bonchev–Trinajstić information content (AvgIpc) is 2.35. The molecule has 0 N–H and O–H groups in total. The van der Waals surface area contributed by atoms with E-state index in [1.165, 1.54) is 19.3 Å². The van der Waals surface area contributed by atoms with Gasteiger partial charge >= 0.3 is 0 Å². The van der Waals surface area contributed by atoms with Crippen molar-refractivity contribution in [2.24, 2.45) is 22.7 Å². The smallest absolute Gasteiger partial charge is 0.150 e. The lowest BCUT2D eigenvalue weighted by atomic mass is 9.43. The Morgan fingerprint density at radius 1 is 1.14 bits per heavy atom. The molecular formula is C17H28O3S. The Morgan fingerprint density at radius 3 is 2.29 bits per heavy atom. The Kier molecular flexibility index (Phi) is 3.75. The van der Waals surface area contributed by atoms with Crippen molar-refractivity contribution in [1.82, 2.24) is 0 Å². The molecule has 4 aliphatic carbocycles. The van der Waals surface area contributed by atoms with Crippen LogP contribution in [0.25, 0.3) is 0 Å². The summed E-state index contributed by atoms with van der Waals surface area (Å²) in [6.45, 7) is 4.05. The van der Waals surface area contributed by atoms with Crippen molar-refractivity contribution >= 4 is 15.6 Å². The summed E-state index contributed by atoms with van der Waals surface area (Å²) in [4.78, 5) is 12.8. The Hall–Kier alpha value is -0.380. The van der Waals surface area contributed by atoms with Crippen LogP contribution in [0.3, 0.4) is 0 Å². The molecule has 21 heavy (non-hydrogen) atoms. The van der Waals surface area contributed by atoms with Crippen molar-refractivity contribution < 1.29 is 13.2 Å². The van der Waals surface area contributed by atoms with E-state index < -0.39 is 9.84 Å². The van der Waals surface area contributed by atoms with E-state index in [9.17, 15) is 13.2 Å².